The van der Waals surface area contributed by atoms with Gasteiger partial charge in [0.25, 0.3) is 0 Å². The summed E-state index contributed by atoms with van der Waals surface area (Å²) in [6.07, 6.45) is -1.41. The van der Waals surface area contributed by atoms with Crippen molar-refractivity contribution in [3.05, 3.63) is 83.9 Å². The average Bonchev–Trinajstić information content (AvgIpc) is 3.30. The number of carbonyl (C=O) groups excluding carboxylic acids is 2. The van der Waals surface area contributed by atoms with E-state index in [4.69, 9.17) is 0 Å². The van der Waals surface area contributed by atoms with E-state index >= 15 is 0 Å². The van der Waals surface area contributed by atoms with Crippen molar-refractivity contribution in [3.8, 4) is 0 Å². The number of carboxylic acid groups (broad SMARTS) is 1. The minimum absolute atomic E-state index is 0.0588. The molecule has 2 fully saturated rings. The molecule has 5 unspecified atom stereocenters. The highest BCUT2D eigenvalue weighted by atomic mass is 16.4. The van der Waals surface area contributed by atoms with Crippen molar-refractivity contribution < 1.29 is 24.6 Å². The first-order valence-corrected chi connectivity index (χ1v) is 10.9. The first kappa shape index (κ1) is 21.3. The van der Waals surface area contributed by atoms with Gasteiger partial charge in [0.15, 0.2) is 5.54 Å². The summed E-state index contributed by atoms with van der Waals surface area (Å²) in [7, 11) is 0. The topological polar surface area (TPSA) is 107 Å². The van der Waals surface area contributed by atoms with Crippen LogP contribution in [0.3, 0.4) is 0 Å². The second-order valence-electron chi connectivity index (χ2n) is 8.79. The molecule has 3 N–H and O–H groups in total. The van der Waals surface area contributed by atoms with Crippen molar-refractivity contribution >= 4 is 28.6 Å². The molecule has 0 aliphatic carbocycles. The molecule has 2 aliphatic heterocycles. The molecule has 2 aliphatic rings. The fourth-order valence-electron chi connectivity index (χ4n) is 5.47. The minimum atomic E-state index is -1.98. The third kappa shape index (κ3) is 3.08. The molecule has 7 heteroatoms. The lowest BCUT2D eigenvalue weighted by Gasteiger charge is -2.33. The number of aliphatic hydroxyl groups is 1. The zero-order valence-electron chi connectivity index (χ0n) is 18.0. The van der Waals surface area contributed by atoms with Crippen molar-refractivity contribution in [2.75, 3.05) is 0 Å². The average molecular weight is 444 g/mol. The van der Waals surface area contributed by atoms with Gasteiger partial charge in [0, 0.05) is 6.04 Å². The summed E-state index contributed by atoms with van der Waals surface area (Å²) >= 11 is 0. The molecule has 2 amide bonds. The van der Waals surface area contributed by atoms with Crippen molar-refractivity contribution in [3.63, 3.8) is 0 Å². The summed E-state index contributed by atoms with van der Waals surface area (Å²) in [5.41, 5.74) is -0.480. The molecular formula is C26H24N2O5. The largest absolute Gasteiger partial charge is 0.480 e. The Hall–Kier alpha value is -3.55. The Bertz CT molecular complexity index is 1250. The summed E-state index contributed by atoms with van der Waals surface area (Å²) < 4.78 is 0. The number of aliphatic hydroxyl groups excluding tert-OH is 1. The Morgan fingerprint density at radius 3 is 2.36 bits per heavy atom. The van der Waals surface area contributed by atoms with Gasteiger partial charge in [-0.1, -0.05) is 72.8 Å². The number of likely N-dealkylation sites (tertiary alicyclic amines) is 1. The van der Waals surface area contributed by atoms with Gasteiger partial charge in [0.05, 0.1) is 24.5 Å². The molecular weight excluding hydrogens is 420 g/mol. The monoisotopic (exact) mass is 444 g/mol. The molecule has 3 aromatic carbocycles. The maximum Gasteiger partial charge on any atom is 0.327 e. The van der Waals surface area contributed by atoms with E-state index in [1.165, 1.54) is 6.92 Å². The second kappa shape index (κ2) is 7.79. The number of benzene rings is 3. The van der Waals surface area contributed by atoms with E-state index in [-0.39, 0.29) is 6.54 Å². The molecule has 33 heavy (non-hydrogen) atoms. The lowest BCUT2D eigenvalue weighted by Crippen LogP contribution is -2.62. The lowest BCUT2D eigenvalue weighted by molar-refractivity contribution is -0.157. The molecule has 0 spiro atoms. The molecule has 2 saturated heterocycles. The number of hydrogen-bond acceptors (Lipinski definition) is 5. The van der Waals surface area contributed by atoms with Crippen LogP contribution in [-0.2, 0) is 20.9 Å². The zero-order valence-corrected chi connectivity index (χ0v) is 18.0. The van der Waals surface area contributed by atoms with Gasteiger partial charge in [0.2, 0.25) is 11.8 Å². The van der Waals surface area contributed by atoms with E-state index in [2.05, 4.69) is 5.32 Å². The highest BCUT2D eigenvalue weighted by Crippen LogP contribution is 2.51. The number of aliphatic carboxylic acids is 1. The van der Waals surface area contributed by atoms with E-state index in [0.29, 0.717) is 0 Å². The van der Waals surface area contributed by atoms with Crippen LogP contribution in [-0.4, -0.2) is 44.5 Å². The Morgan fingerprint density at radius 2 is 1.67 bits per heavy atom. The van der Waals surface area contributed by atoms with Gasteiger partial charge in [-0.25, -0.2) is 0 Å². The number of nitrogens with zero attached hydrogens (tertiary/aromatic N) is 1. The summed E-state index contributed by atoms with van der Waals surface area (Å²) in [6, 6.07) is 21.6. The normalized spacial score (nSPS) is 27.7. The molecule has 5 atom stereocenters. The minimum Gasteiger partial charge on any atom is -0.480 e. The van der Waals surface area contributed by atoms with Crippen molar-refractivity contribution in [2.45, 2.75) is 31.2 Å². The number of imide groups is 1. The molecule has 0 radical (unpaired) electrons. The van der Waals surface area contributed by atoms with Crippen molar-refractivity contribution in [1.82, 2.24) is 10.2 Å². The number of carboxylic acids is 1. The third-order valence-electron chi connectivity index (χ3n) is 7.04. The number of fused-ring (bicyclic) bond motifs is 2. The standard InChI is InChI=1S/C26H24N2O5/c1-15(29)26(25(32)33)21-20(23(30)28(24(21)31)14-16-8-3-2-4-9-16)22(27-26)19-13-7-11-17-10-5-6-12-18(17)19/h2-13,15,20-22,27,29H,14H2,1H3,(H,32,33). The van der Waals surface area contributed by atoms with Gasteiger partial charge in [-0.15, -0.1) is 0 Å². The molecule has 168 valence electrons. The van der Waals surface area contributed by atoms with Crippen LogP contribution in [0.5, 0.6) is 0 Å². The highest BCUT2D eigenvalue weighted by molar-refractivity contribution is 6.10. The van der Waals surface area contributed by atoms with E-state index in [1.807, 2.05) is 72.8 Å². The second-order valence-corrected chi connectivity index (χ2v) is 8.79. The smallest absolute Gasteiger partial charge is 0.327 e. The van der Waals surface area contributed by atoms with E-state index < -0.39 is 47.3 Å². The maximum atomic E-state index is 13.6. The molecule has 3 aromatic rings. The molecule has 0 saturated carbocycles. The molecule has 0 bridgehead atoms. The predicted octanol–water partition coefficient (Wildman–Crippen LogP) is 2.49. The van der Waals surface area contributed by atoms with E-state index in [9.17, 15) is 24.6 Å². The van der Waals surface area contributed by atoms with Crippen molar-refractivity contribution in [1.29, 1.82) is 0 Å². The van der Waals surface area contributed by atoms with Gasteiger partial charge in [0.1, 0.15) is 0 Å². The van der Waals surface area contributed by atoms with E-state index in [0.717, 1.165) is 26.8 Å². The molecule has 7 nitrogen and oxygen atoms in total. The Balaban J connectivity index is 1.66. The third-order valence-corrected chi connectivity index (χ3v) is 7.04. The zero-order chi connectivity index (χ0) is 23.3. The number of carbonyl (C=O) groups is 3. The van der Waals surface area contributed by atoms with Gasteiger partial charge in [-0.3, -0.25) is 24.6 Å². The predicted molar refractivity (Wildman–Crippen MR) is 121 cm³/mol. The van der Waals surface area contributed by atoms with Crippen LogP contribution in [0.2, 0.25) is 0 Å². The lowest BCUT2D eigenvalue weighted by atomic mass is 9.76. The van der Waals surface area contributed by atoms with E-state index in [1.54, 1.807) is 0 Å². The first-order chi connectivity index (χ1) is 15.9. The Labute approximate surface area is 190 Å². The fourth-order valence-corrected chi connectivity index (χ4v) is 5.47. The quantitative estimate of drug-likeness (QED) is 0.522. The highest BCUT2D eigenvalue weighted by Gasteiger charge is 2.70. The van der Waals surface area contributed by atoms with Crippen molar-refractivity contribution in [2.24, 2.45) is 11.8 Å². The summed E-state index contributed by atoms with van der Waals surface area (Å²) in [5.74, 6) is -4.53. The Kier molecular flexibility index (Phi) is 5.03. The summed E-state index contributed by atoms with van der Waals surface area (Å²) in [5, 5.41) is 25.7. The number of hydrogen-bond donors (Lipinski definition) is 3. The van der Waals surface area contributed by atoms with Crippen LogP contribution in [0, 0.1) is 11.8 Å². The van der Waals surface area contributed by atoms with Gasteiger partial charge >= 0.3 is 5.97 Å². The van der Waals surface area contributed by atoms with Crippen LogP contribution in [0.4, 0.5) is 0 Å². The Morgan fingerprint density at radius 1 is 1.00 bits per heavy atom. The van der Waals surface area contributed by atoms with Crippen LogP contribution >= 0.6 is 0 Å². The molecule has 5 rings (SSSR count). The van der Waals surface area contributed by atoms with Crippen LogP contribution < -0.4 is 5.32 Å². The van der Waals surface area contributed by atoms with Gasteiger partial charge in [-0.2, -0.15) is 0 Å². The number of amides is 2. The maximum absolute atomic E-state index is 13.6. The summed E-state index contributed by atoms with van der Waals surface area (Å²) in [4.78, 5) is 40.9. The summed E-state index contributed by atoms with van der Waals surface area (Å²) in [6.45, 7) is 1.41. The van der Waals surface area contributed by atoms with Gasteiger partial charge in [-0.05, 0) is 28.8 Å². The van der Waals surface area contributed by atoms with Crippen LogP contribution in [0.1, 0.15) is 24.1 Å². The number of nitrogens with one attached hydrogen (secondary N) is 1. The SMILES string of the molecule is CC(O)C1(C(=O)O)NC(c2cccc3ccccc23)C2C(=O)N(Cc3ccccc3)C(=O)C21. The molecule has 0 aromatic heterocycles. The number of rotatable bonds is 5. The fraction of sp³-hybridized carbons (Fsp3) is 0.269. The molecule has 2 heterocycles. The van der Waals surface area contributed by atoms with Crippen LogP contribution in [0.25, 0.3) is 10.8 Å². The first-order valence-electron chi connectivity index (χ1n) is 10.9. The van der Waals surface area contributed by atoms with Crippen LogP contribution in [0.15, 0.2) is 72.8 Å². The van der Waals surface area contributed by atoms with Gasteiger partial charge < -0.3 is 10.2 Å².